The second-order valence-corrected chi connectivity index (χ2v) is 4.47. The standard InChI is InChI=1S/C16H13N3O2/c1-21-14-2-3-15-11(9-14)8-12(10-18-15)16(20)19-13-4-6-17-7-5-13/h2-10H,1H3,(H,17,19,20). The summed E-state index contributed by atoms with van der Waals surface area (Å²) < 4.78 is 5.18. The molecule has 2 aromatic heterocycles. The molecule has 3 rings (SSSR count). The number of pyridine rings is 2. The second kappa shape index (κ2) is 5.58. The minimum Gasteiger partial charge on any atom is -0.497 e. The highest BCUT2D eigenvalue weighted by Gasteiger charge is 2.08. The van der Waals surface area contributed by atoms with Gasteiger partial charge in [0, 0.05) is 29.7 Å². The average molecular weight is 279 g/mol. The number of hydrogen-bond donors (Lipinski definition) is 1. The Bertz CT molecular complexity index is 788. The van der Waals surface area contributed by atoms with E-state index in [0.717, 1.165) is 16.7 Å². The predicted molar refractivity (Wildman–Crippen MR) is 80.5 cm³/mol. The van der Waals surface area contributed by atoms with E-state index < -0.39 is 0 Å². The van der Waals surface area contributed by atoms with Gasteiger partial charge in [0.2, 0.25) is 0 Å². The van der Waals surface area contributed by atoms with Crippen molar-refractivity contribution in [1.29, 1.82) is 0 Å². The number of rotatable bonds is 3. The quantitative estimate of drug-likeness (QED) is 0.800. The summed E-state index contributed by atoms with van der Waals surface area (Å²) >= 11 is 0. The molecule has 3 aromatic rings. The van der Waals surface area contributed by atoms with Gasteiger partial charge in [-0.05, 0) is 36.4 Å². The molecule has 104 valence electrons. The minimum atomic E-state index is -0.210. The van der Waals surface area contributed by atoms with E-state index in [1.807, 2.05) is 18.2 Å². The molecule has 1 aromatic carbocycles. The van der Waals surface area contributed by atoms with Crippen LogP contribution in [0, 0.1) is 0 Å². The molecular weight excluding hydrogens is 266 g/mol. The zero-order valence-electron chi connectivity index (χ0n) is 11.4. The van der Waals surface area contributed by atoms with Crippen molar-refractivity contribution < 1.29 is 9.53 Å². The number of aromatic nitrogens is 2. The highest BCUT2D eigenvalue weighted by Crippen LogP contribution is 2.20. The van der Waals surface area contributed by atoms with Gasteiger partial charge in [-0.1, -0.05) is 0 Å². The smallest absolute Gasteiger partial charge is 0.257 e. The van der Waals surface area contributed by atoms with Crippen LogP contribution in [0.4, 0.5) is 5.69 Å². The van der Waals surface area contributed by atoms with E-state index in [9.17, 15) is 4.79 Å². The fraction of sp³-hybridized carbons (Fsp3) is 0.0625. The summed E-state index contributed by atoms with van der Waals surface area (Å²) in [5.41, 5.74) is 2.00. The van der Waals surface area contributed by atoms with Crippen LogP contribution in [0.1, 0.15) is 10.4 Å². The van der Waals surface area contributed by atoms with Crippen LogP contribution >= 0.6 is 0 Å². The van der Waals surface area contributed by atoms with Crippen molar-refractivity contribution in [3.63, 3.8) is 0 Å². The molecule has 0 saturated heterocycles. The van der Waals surface area contributed by atoms with Gasteiger partial charge in [0.15, 0.2) is 0 Å². The van der Waals surface area contributed by atoms with Crippen LogP contribution in [0.5, 0.6) is 5.75 Å². The molecule has 0 atom stereocenters. The number of anilines is 1. The largest absolute Gasteiger partial charge is 0.497 e. The van der Waals surface area contributed by atoms with Crippen molar-refractivity contribution in [1.82, 2.24) is 9.97 Å². The van der Waals surface area contributed by atoms with Crippen LogP contribution < -0.4 is 10.1 Å². The maximum atomic E-state index is 12.2. The van der Waals surface area contributed by atoms with Crippen LogP contribution in [0.2, 0.25) is 0 Å². The number of benzene rings is 1. The first kappa shape index (κ1) is 13.1. The lowest BCUT2D eigenvalue weighted by atomic mass is 10.1. The first-order valence-electron chi connectivity index (χ1n) is 6.41. The summed E-state index contributed by atoms with van der Waals surface area (Å²) in [7, 11) is 1.61. The molecule has 1 N–H and O–H groups in total. The number of nitrogens with zero attached hydrogens (tertiary/aromatic N) is 2. The number of methoxy groups -OCH3 is 1. The number of hydrogen-bond acceptors (Lipinski definition) is 4. The van der Waals surface area contributed by atoms with Crippen LogP contribution in [-0.4, -0.2) is 23.0 Å². The summed E-state index contributed by atoms with van der Waals surface area (Å²) in [5.74, 6) is 0.523. The van der Waals surface area contributed by atoms with Gasteiger partial charge in [0.25, 0.3) is 5.91 Å². The summed E-state index contributed by atoms with van der Waals surface area (Å²) in [6.45, 7) is 0. The van der Waals surface area contributed by atoms with Gasteiger partial charge in [-0.25, -0.2) is 0 Å². The molecule has 0 bridgehead atoms. The number of carbonyl (C=O) groups is 1. The first-order chi connectivity index (χ1) is 10.3. The zero-order valence-corrected chi connectivity index (χ0v) is 11.4. The number of carbonyl (C=O) groups excluding carboxylic acids is 1. The van der Waals surface area contributed by atoms with Crippen LogP contribution in [0.15, 0.2) is 55.0 Å². The van der Waals surface area contributed by atoms with E-state index in [0.29, 0.717) is 11.3 Å². The normalized spacial score (nSPS) is 10.3. The molecule has 0 aliphatic rings. The van der Waals surface area contributed by atoms with Gasteiger partial charge in [-0.3, -0.25) is 14.8 Å². The van der Waals surface area contributed by atoms with E-state index in [1.165, 1.54) is 0 Å². The Morgan fingerprint density at radius 2 is 1.95 bits per heavy atom. The summed E-state index contributed by atoms with van der Waals surface area (Å²) in [4.78, 5) is 20.4. The highest BCUT2D eigenvalue weighted by atomic mass is 16.5. The number of ether oxygens (including phenoxy) is 1. The van der Waals surface area contributed by atoms with Crippen molar-refractivity contribution in [2.24, 2.45) is 0 Å². The van der Waals surface area contributed by atoms with E-state index in [2.05, 4.69) is 15.3 Å². The van der Waals surface area contributed by atoms with Crippen LogP contribution in [-0.2, 0) is 0 Å². The number of nitrogens with one attached hydrogen (secondary N) is 1. The van der Waals surface area contributed by atoms with E-state index >= 15 is 0 Å². The Morgan fingerprint density at radius 1 is 1.14 bits per heavy atom. The Hall–Kier alpha value is -2.95. The van der Waals surface area contributed by atoms with Gasteiger partial charge in [0.05, 0.1) is 18.2 Å². The van der Waals surface area contributed by atoms with Crippen molar-refractivity contribution >= 4 is 22.5 Å². The van der Waals surface area contributed by atoms with Crippen molar-refractivity contribution in [2.75, 3.05) is 12.4 Å². The molecule has 2 heterocycles. The predicted octanol–water partition coefficient (Wildman–Crippen LogP) is 2.89. The van der Waals surface area contributed by atoms with Crippen LogP contribution in [0.25, 0.3) is 10.9 Å². The minimum absolute atomic E-state index is 0.210. The molecule has 0 fully saturated rings. The van der Waals surface area contributed by atoms with Crippen molar-refractivity contribution in [2.45, 2.75) is 0 Å². The maximum Gasteiger partial charge on any atom is 0.257 e. The SMILES string of the molecule is COc1ccc2ncc(C(=O)Nc3ccncc3)cc2c1. The van der Waals surface area contributed by atoms with Crippen LogP contribution in [0.3, 0.4) is 0 Å². The molecule has 21 heavy (non-hydrogen) atoms. The molecule has 0 aliphatic heterocycles. The Labute approximate surface area is 121 Å². The molecule has 0 saturated carbocycles. The van der Waals surface area contributed by atoms with Crippen molar-refractivity contribution in [3.8, 4) is 5.75 Å². The van der Waals surface area contributed by atoms with Gasteiger partial charge < -0.3 is 10.1 Å². The number of amides is 1. The molecule has 0 radical (unpaired) electrons. The molecule has 0 aliphatic carbocycles. The number of fused-ring (bicyclic) bond motifs is 1. The second-order valence-electron chi connectivity index (χ2n) is 4.47. The Balaban J connectivity index is 1.91. The lowest BCUT2D eigenvalue weighted by Crippen LogP contribution is -2.12. The molecule has 1 amide bonds. The molecule has 5 heteroatoms. The molecular formula is C16H13N3O2. The third kappa shape index (κ3) is 2.81. The van der Waals surface area contributed by atoms with E-state index in [4.69, 9.17) is 4.74 Å². The average Bonchev–Trinajstić information content (AvgIpc) is 2.54. The maximum absolute atomic E-state index is 12.2. The summed E-state index contributed by atoms with van der Waals surface area (Å²) in [6.07, 6.45) is 4.81. The third-order valence-electron chi connectivity index (χ3n) is 3.09. The van der Waals surface area contributed by atoms with E-state index in [1.54, 1.807) is 43.9 Å². The topological polar surface area (TPSA) is 64.1 Å². The summed E-state index contributed by atoms with van der Waals surface area (Å²) in [5, 5.41) is 3.66. The lowest BCUT2D eigenvalue weighted by Gasteiger charge is -2.06. The first-order valence-corrected chi connectivity index (χ1v) is 6.41. The Morgan fingerprint density at radius 3 is 2.71 bits per heavy atom. The van der Waals surface area contributed by atoms with Crippen molar-refractivity contribution in [3.05, 3.63) is 60.6 Å². The summed E-state index contributed by atoms with van der Waals surface area (Å²) in [6, 6.07) is 10.8. The van der Waals surface area contributed by atoms with Gasteiger partial charge in [-0.15, -0.1) is 0 Å². The Kier molecular flexibility index (Phi) is 3.47. The van der Waals surface area contributed by atoms with E-state index in [-0.39, 0.29) is 5.91 Å². The van der Waals surface area contributed by atoms with Gasteiger partial charge in [0.1, 0.15) is 5.75 Å². The molecule has 0 unspecified atom stereocenters. The van der Waals surface area contributed by atoms with Gasteiger partial charge in [-0.2, -0.15) is 0 Å². The lowest BCUT2D eigenvalue weighted by molar-refractivity contribution is 0.102. The third-order valence-corrected chi connectivity index (χ3v) is 3.09. The van der Waals surface area contributed by atoms with Gasteiger partial charge >= 0.3 is 0 Å². The highest BCUT2D eigenvalue weighted by molar-refractivity contribution is 6.05. The molecule has 0 spiro atoms. The molecule has 5 nitrogen and oxygen atoms in total. The fourth-order valence-electron chi connectivity index (χ4n) is 2.00. The monoisotopic (exact) mass is 279 g/mol. The fourth-order valence-corrected chi connectivity index (χ4v) is 2.00. The zero-order chi connectivity index (χ0) is 14.7.